The van der Waals surface area contributed by atoms with Crippen LogP contribution in [0.1, 0.15) is 20.8 Å². The zero-order valence-corrected chi connectivity index (χ0v) is 18.9. The van der Waals surface area contributed by atoms with Crippen molar-refractivity contribution in [2.45, 2.75) is 26.4 Å². The van der Waals surface area contributed by atoms with E-state index in [0.717, 1.165) is 10.6 Å². The lowest BCUT2D eigenvalue weighted by atomic mass is 10.2. The number of H-pyrrole nitrogens is 1. The molecule has 1 fully saturated rings. The first-order valence-corrected chi connectivity index (χ1v) is 9.90. The molecule has 32 heavy (non-hydrogen) atoms. The Kier molecular flexibility index (Phi) is 7.33. The number of nitrogen functional groups attached to an aromatic ring is 2. The highest BCUT2D eigenvalue weighted by Crippen LogP contribution is 2.15. The summed E-state index contributed by atoms with van der Waals surface area (Å²) in [6.07, 6.45) is -0.318. The van der Waals surface area contributed by atoms with Gasteiger partial charge in [0.15, 0.2) is 0 Å². The molecule has 0 radical (unpaired) electrons. The van der Waals surface area contributed by atoms with Crippen LogP contribution in [0.15, 0.2) is 26.5 Å². The maximum atomic E-state index is 12.0. The molecule has 0 aliphatic carbocycles. The van der Waals surface area contributed by atoms with Crippen LogP contribution in [0.2, 0.25) is 0 Å². The Hall–Kier alpha value is -3.77. The van der Waals surface area contributed by atoms with Crippen molar-refractivity contribution in [2.75, 3.05) is 42.5 Å². The predicted molar refractivity (Wildman–Crippen MR) is 121 cm³/mol. The van der Waals surface area contributed by atoms with Gasteiger partial charge in [0, 0.05) is 52.4 Å². The molecule has 3 heterocycles. The first kappa shape index (κ1) is 24.5. The van der Waals surface area contributed by atoms with Crippen molar-refractivity contribution in [3.63, 3.8) is 0 Å². The van der Waals surface area contributed by atoms with Crippen LogP contribution in [-0.2, 0) is 18.8 Å². The average Bonchev–Trinajstić information content (AvgIpc) is 2.68. The van der Waals surface area contributed by atoms with Crippen LogP contribution in [0.25, 0.3) is 0 Å². The van der Waals surface area contributed by atoms with E-state index in [9.17, 15) is 19.2 Å². The van der Waals surface area contributed by atoms with Gasteiger partial charge in [0.2, 0.25) is 5.95 Å². The molecule has 0 spiro atoms. The molecule has 3 rings (SSSR count). The fraction of sp³-hybridized carbons (Fsp3) is 0.526. The van der Waals surface area contributed by atoms with E-state index in [4.69, 9.17) is 16.2 Å². The van der Waals surface area contributed by atoms with E-state index in [2.05, 4.69) is 9.97 Å². The molecule has 0 bridgehead atoms. The maximum absolute atomic E-state index is 12.0. The van der Waals surface area contributed by atoms with Gasteiger partial charge in [0.25, 0.3) is 11.1 Å². The number of aromatic amines is 1. The van der Waals surface area contributed by atoms with Crippen LogP contribution in [0, 0.1) is 0 Å². The number of piperazine rings is 1. The molecule has 176 valence electrons. The van der Waals surface area contributed by atoms with E-state index < -0.39 is 16.9 Å². The molecule has 0 aromatic carbocycles. The molecule has 1 aliphatic heterocycles. The molecule has 2 aromatic heterocycles. The summed E-state index contributed by atoms with van der Waals surface area (Å²) in [6.45, 7) is 7.69. The predicted octanol–water partition coefficient (Wildman–Crippen LogP) is -0.925. The Labute approximate surface area is 184 Å². The van der Waals surface area contributed by atoms with Gasteiger partial charge in [0.05, 0.1) is 0 Å². The Morgan fingerprint density at radius 3 is 2.09 bits per heavy atom. The van der Waals surface area contributed by atoms with E-state index in [-0.39, 0.29) is 23.3 Å². The number of nitrogens with zero attached hydrogens (tertiary/aromatic N) is 5. The third-order valence-electron chi connectivity index (χ3n) is 4.51. The summed E-state index contributed by atoms with van der Waals surface area (Å²) >= 11 is 0. The second-order valence-electron chi connectivity index (χ2n) is 8.26. The molecule has 1 aliphatic rings. The summed E-state index contributed by atoms with van der Waals surface area (Å²) in [6, 6.07) is 2.45. The highest BCUT2D eigenvalue weighted by molar-refractivity contribution is 5.68. The number of aromatic nitrogens is 4. The van der Waals surface area contributed by atoms with Gasteiger partial charge < -0.3 is 26.0 Å². The zero-order valence-electron chi connectivity index (χ0n) is 18.9. The van der Waals surface area contributed by atoms with E-state index in [1.165, 1.54) is 17.7 Å². The van der Waals surface area contributed by atoms with Gasteiger partial charge in [-0.1, -0.05) is 0 Å². The lowest BCUT2D eigenvalue weighted by molar-refractivity contribution is 0.0240. The van der Waals surface area contributed by atoms with Gasteiger partial charge in [-0.25, -0.2) is 9.59 Å². The van der Waals surface area contributed by atoms with Crippen molar-refractivity contribution < 1.29 is 9.53 Å². The minimum absolute atomic E-state index is 0.0908. The van der Waals surface area contributed by atoms with Crippen LogP contribution >= 0.6 is 0 Å². The van der Waals surface area contributed by atoms with Gasteiger partial charge >= 0.3 is 11.8 Å². The first-order chi connectivity index (χ1) is 14.8. The molecule has 13 nitrogen and oxygen atoms in total. The molecule has 0 unspecified atom stereocenters. The molecular weight excluding hydrogens is 420 g/mol. The van der Waals surface area contributed by atoms with Crippen LogP contribution in [0.3, 0.4) is 0 Å². The minimum Gasteiger partial charge on any atom is -0.444 e. The SMILES string of the molecule is Cn1c(=O)cc(N)[nH]c1=O.Cn1c(N2CCN(C(=O)OC(C)(C)C)CC2)nc(N)cc1=O. The molecule has 5 N–H and O–H groups in total. The summed E-state index contributed by atoms with van der Waals surface area (Å²) < 4.78 is 7.76. The Balaban J connectivity index is 0.000000303. The molecule has 0 atom stereocenters. The van der Waals surface area contributed by atoms with E-state index in [0.29, 0.717) is 32.1 Å². The Morgan fingerprint density at radius 1 is 1.00 bits per heavy atom. The quantitative estimate of drug-likeness (QED) is 0.496. The standard InChI is InChI=1S/C14H23N5O3.C5H7N3O2/c1-14(2,3)22-13(21)19-7-5-18(6-8-19)12-16-10(15)9-11(20)17(12)4;1-8-4(9)2-3(6)7-5(8)10/h9H,5-8,15H2,1-4H3;2H,6H2,1H3,(H,7,10). The number of carbonyl (C=O) groups excluding carboxylic acids is 1. The fourth-order valence-electron chi connectivity index (χ4n) is 2.82. The third kappa shape index (κ3) is 6.36. The maximum Gasteiger partial charge on any atom is 0.410 e. The summed E-state index contributed by atoms with van der Waals surface area (Å²) in [7, 11) is 3.03. The van der Waals surface area contributed by atoms with Crippen LogP contribution < -0.4 is 33.2 Å². The first-order valence-electron chi connectivity index (χ1n) is 9.90. The lowest BCUT2D eigenvalue weighted by Crippen LogP contribution is -2.51. The van der Waals surface area contributed by atoms with Gasteiger partial charge in [-0.3, -0.25) is 23.7 Å². The Bertz CT molecular complexity index is 1100. The summed E-state index contributed by atoms with van der Waals surface area (Å²) in [5, 5.41) is 0. The van der Waals surface area contributed by atoms with E-state index in [1.807, 2.05) is 25.7 Å². The van der Waals surface area contributed by atoms with E-state index in [1.54, 1.807) is 11.9 Å². The van der Waals surface area contributed by atoms with Crippen molar-refractivity contribution in [1.82, 2.24) is 24.0 Å². The monoisotopic (exact) mass is 450 g/mol. The number of anilines is 3. The minimum atomic E-state index is -0.506. The van der Waals surface area contributed by atoms with Crippen molar-refractivity contribution in [3.8, 4) is 0 Å². The second-order valence-corrected chi connectivity index (χ2v) is 8.26. The molecule has 13 heteroatoms. The summed E-state index contributed by atoms with van der Waals surface area (Å²) in [5.74, 6) is 0.814. The van der Waals surface area contributed by atoms with Gasteiger partial charge in [-0.05, 0) is 20.8 Å². The van der Waals surface area contributed by atoms with Crippen molar-refractivity contribution >= 4 is 23.7 Å². The topological polar surface area (TPSA) is 175 Å². The second kappa shape index (κ2) is 9.58. The highest BCUT2D eigenvalue weighted by Gasteiger charge is 2.27. The average molecular weight is 451 g/mol. The molecule has 1 saturated heterocycles. The molecular formula is C19H30N8O5. The number of carbonyl (C=O) groups is 1. The number of nitrogens with one attached hydrogen (secondary N) is 1. The zero-order chi connectivity index (χ0) is 24.2. The van der Waals surface area contributed by atoms with Crippen molar-refractivity contribution in [3.05, 3.63) is 43.3 Å². The number of rotatable bonds is 1. The van der Waals surface area contributed by atoms with Gasteiger partial charge in [-0.2, -0.15) is 4.98 Å². The Morgan fingerprint density at radius 2 is 1.56 bits per heavy atom. The van der Waals surface area contributed by atoms with E-state index >= 15 is 0 Å². The number of hydrogen-bond donors (Lipinski definition) is 3. The largest absolute Gasteiger partial charge is 0.444 e. The lowest BCUT2D eigenvalue weighted by Gasteiger charge is -2.36. The van der Waals surface area contributed by atoms with Crippen molar-refractivity contribution in [2.24, 2.45) is 14.1 Å². The normalized spacial score (nSPS) is 13.9. The number of amides is 1. The van der Waals surface area contributed by atoms with Gasteiger partial charge in [0.1, 0.15) is 17.2 Å². The highest BCUT2D eigenvalue weighted by atomic mass is 16.6. The van der Waals surface area contributed by atoms with Crippen LogP contribution in [0.5, 0.6) is 0 Å². The summed E-state index contributed by atoms with van der Waals surface area (Å²) in [5.41, 5.74) is 9.20. The van der Waals surface area contributed by atoms with Crippen LogP contribution in [-0.4, -0.2) is 61.9 Å². The summed E-state index contributed by atoms with van der Waals surface area (Å²) in [4.78, 5) is 55.3. The molecule has 2 aromatic rings. The van der Waals surface area contributed by atoms with Crippen molar-refractivity contribution in [1.29, 1.82) is 0 Å². The third-order valence-corrected chi connectivity index (χ3v) is 4.51. The number of hydrogen-bond acceptors (Lipinski definition) is 9. The number of nitrogens with two attached hydrogens (primary N) is 2. The van der Waals surface area contributed by atoms with Crippen LogP contribution in [0.4, 0.5) is 22.4 Å². The molecule has 1 amide bonds. The smallest absolute Gasteiger partial charge is 0.410 e. The number of ether oxygens (including phenoxy) is 1. The molecule has 0 saturated carbocycles. The fourth-order valence-corrected chi connectivity index (χ4v) is 2.82. The van der Waals surface area contributed by atoms with Gasteiger partial charge in [-0.15, -0.1) is 0 Å².